The average Bonchev–Trinajstić information content (AvgIpc) is 1.99. The second-order valence-electron chi connectivity index (χ2n) is 2.18. The highest BCUT2D eigenvalue weighted by atomic mass is 35.5. The first-order valence-corrected chi connectivity index (χ1v) is 3.78. The van der Waals surface area contributed by atoms with Crippen molar-refractivity contribution < 1.29 is 0 Å². The van der Waals surface area contributed by atoms with Crippen LogP contribution in [0.15, 0.2) is 6.07 Å². The summed E-state index contributed by atoms with van der Waals surface area (Å²) in [4.78, 5) is 7.97. The Balaban J connectivity index is 2.80. The van der Waals surface area contributed by atoms with Crippen molar-refractivity contribution in [1.29, 1.82) is 0 Å². The van der Waals surface area contributed by atoms with Crippen LogP contribution >= 0.6 is 11.6 Å². The van der Waals surface area contributed by atoms with E-state index in [0.717, 1.165) is 0 Å². The smallest absolute Gasteiger partial charge is 0.134 e. The largest absolute Gasteiger partial charge is 0.359 e. The van der Waals surface area contributed by atoms with Crippen molar-refractivity contribution in [3.63, 3.8) is 0 Å². The molecule has 12 heavy (non-hydrogen) atoms. The first-order valence-electron chi connectivity index (χ1n) is 3.41. The van der Waals surface area contributed by atoms with Gasteiger partial charge < -0.3 is 5.32 Å². The molecule has 1 rings (SSSR count). The molecule has 0 aromatic carbocycles. The third-order valence-electron chi connectivity index (χ3n) is 1.18. The SMILES string of the molecule is C#CCNc1cc(Cl)nc(C)n1. The Labute approximate surface area is 76.2 Å². The Kier molecular flexibility index (Phi) is 2.89. The molecule has 0 radical (unpaired) electrons. The van der Waals surface area contributed by atoms with Crippen LogP contribution in [0.25, 0.3) is 0 Å². The van der Waals surface area contributed by atoms with Gasteiger partial charge in [0, 0.05) is 6.07 Å². The Hall–Kier alpha value is -1.27. The van der Waals surface area contributed by atoms with E-state index in [4.69, 9.17) is 18.0 Å². The van der Waals surface area contributed by atoms with Crippen molar-refractivity contribution in [2.24, 2.45) is 0 Å². The number of terminal acetylenes is 1. The van der Waals surface area contributed by atoms with E-state index in [1.54, 1.807) is 13.0 Å². The Morgan fingerprint density at radius 2 is 2.42 bits per heavy atom. The van der Waals surface area contributed by atoms with Crippen LogP contribution in [-0.4, -0.2) is 16.5 Å². The summed E-state index contributed by atoms with van der Waals surface area (Å²) in [6.45, 7) is 2.21. The molecule has 0 saturated heterocycles. The molecular weight excluding hydrogens is 174 g/mol. The Bertz CT molecular complexity index is 296. The van der Waals surface area contributed by atoms with Crippen LogP contribution in [0, 0.1) is 19.3 Å². The van der Waals surface area contributed by atoms with Gasteiger partial charge >= 0.3 is 0 Å². The molecule has 62 valence electrons. The van der Waals surface area contributed by atoms with E-state index in [0.29, 0.717) is 23.3 Å². The van der Waals surface area contributed by atoms with Crippen LogP contribution in [0.4, 0.5) is 5.82 Å². The fourth-order valence-electron chi connectivity index (χ4n) is 0.763. The van der Waals surface area contributed by atoms with Crippen molar-refractivity contribution in [1.82, 2.24) is 9.97 Å². The van der Waals surface area contributed by atoms with E-state index in [1.807, 2.05) is 0 Å². The van der Waals surface area contributed by atoms with Gasteiger partial charge in [-0.2, -0.15) is 0 Å². The van der Waals surface area contributed by atoms with Crippen molar-refractivity contribution in [2.45, 2.75) is 6.92 Å². The summed E-state index contributed by atoms with van der Waals surface area (Å²) >= 11 is 5.69. The predicted molar refractivity (Wildman–Crippen MR) is 49.1 cm³/mol. The molecule has 0 aliphatic heterocycles. The lowest BCUT2D eigenvalue weighted by Gasteiger charge is -2.01. The lowest BCUT2D eigenvalue weighted by atomic mass is 10.5. The number of hydrogen-bond donors (Lipinski definition) is 1. The fourth-order valence-corrected chi connectivity index (χ4v) is 0.989. The van der Waals surface area contributed by atoms with Crippen molar-refractivity contribution in [3.05, 3.63) is 17.0 Å². The summed E-state index contributed by atoms with van der Waals surface area (Å²) in [7, 11) is 0. The van der Waals surface area contributed by atoms with Gasteiger partial charge in [0.2, 0.25) is 0 Å². The van der Waals surface area contributed by atoms with E-state index in [1.165, 1.54) is 0 Å². The molecule has 1 N–H and O–H groups in total. The molecule has 0 spiro atoms. The van der Waals surface area contributed by atoms with Gasteiger partial charge in [0.25, 0.3) is 0 Å². The van der Waals surface area contributed by atoms with Gasteiger partial charge in [0.1, 0.15) is 16.8 Å². The van der Waals surface area contributed by atoms with Crippen molar-refractivity contribution in [2.75, 3.05) is 11.9 Å². The molecule has 0 aliphatic carbocycles. The molecule has 0 aliphatic rings. The molecule has 3 nitrogen and oxygen atoms in total. The lowest BCUT2D eigenvalue weighted by molar-refractivity contribution is 1.05. The predicted octanol–water partition coefficient (Wildman–Crippen LogP) is 1.48. The Morgan fingerprint density at radius 3 is 3.00 bits per heavy atom. The third-order valence-corrected chi connectivity index (χ3v) is 1.37. The van der Waals surface area contributed by atoms with E-state index in [-0.39, 0.29) is 0 Å². The molecule has 4 heteroatoms. The number of anilines is 1. The number of aromatic nitrogens is 2. The number of aryl methyl sites for hydroxylation is 1. The average molecular weight is 182 g/mol. The molecular formula is C8H8ClN3. The second-order valence-corrected chi connectivity index (χ2v) is 2.57. The first-order chi connectivity index (χ1) is 5.72. The zero-order chi connectivity index (χ0) is 8.97. The molecule has 0 amide bonds. The molecule has 1 aromatic rings. The number of rotatable bonds is 2. The van der Waals surface area contributed by atoms with Crippen molar-refractivity contribution in [3.8, 4) is 12.3 Å². The highest BCUT2D eigenvalue weighted by Gasteiger charge is 1.97. The standard InChI is InChI=1S/C8H8ClN3/c1-3-4-10-8-5-7(9)11-6(2)12-8/h1,5H,4H2,2H3,(H,10,11,12). The van der Waals surface area contributed by atoms with Crippen LogP contribution in [0.1, 0.15) is 5.82 Å². The first kappa shape index (κ1) is 8.82. The van der Waals surface area contributed by atoms with Gasteiger partial charge in [-0.25, -0.2) is 9.97 Å². The normalized spacial score (nSPS) is 9.08. The number of nitrogens with zero attached hydrogens (tertiary/aromatic N) is 2. The number of nitrogens with one attached hydrogen (secondary N) is 1. The van der Waals surface area contributed by atoms with Gasteiger partial charge in [0.15, 0.2) is 0 Å². The zero-order valence-electron chi connectivity index (χ0n) is 6.63. The van der Waals surface area contributed by atoms with Gasteiger partial charge in [0.05, 0.1) is 6.54 Å². The molecule has 0 fully saturated rings. The zero-order valence-corrected chi connectivity index (χ0v) is 7.39. The maximum atomic E-state index is 5.69. The minimum Gasteiger partial charge on any atom is -0.359 e. The van der Waals surface area contributed by atoms with E-state index >= 15 is 0 Å². The maximum absolute atomic E-state index is 5.69. The van der Waals surface area contributed by atoms with Gasteiger partial charge in [-0.3, -0.25) is 0 Å². The summed E-state index contributed by atoms with van der Waals surface area (Å²) in [5.74, 6) is 3.73. The molecule has 1 aromatic heterocycles. The molecule has 0 saturated carbocycles. The van der Waals surface area contributed by atoms with Crippen LogP contribution in [0.5, 0.6) is 0 Å². The fraction of sp³-hybridized carbons (Fsp3) is 0.250. The summed E-state index contributed by atoms with van der Waals surface area (Å²) in [5, 5.41) is 3.32. The molecule has 0 atom stereocenters. The third kappa shape index (κ3) is 2.40. The minimum absolute atomic E-state index is 0.419. The summed E-state index contributed by atoms with van der Waals surface area (Å²) in [5.41, 5.74) is 0. The molecule has 0 unspecified atom stereocenters. The molecule has 1 heterocycles. The van der Waals surface area contributed by atoms with Gasteiger partial charge in [-0.15, -0.1) is 6.42 Å². The van der Waals surface area contributed by atoms with Crippen molar-refractivity contribution >= 4 is 17.4 Å². The second kappa shape index (κ2) is 3.93. The quantitative estimate of drug-likeness (QED) is 0.555. The number of hydrogen-bond acceptors (Lipinski definition) is 3. The molecule has 0 bridgehead atoms. The summed E-state index contributed by atoms with van der Waals surface area (Å²) in [6, 6.07) is 1.63. The maximum Gasteiger partial charge on any atom is 0.134 e. The highest BCUT2D eigenvalue weighted by molar-refractivity contribution is 6.29. The van der Waals surface area contributed by atoms with Crippen LogP contribution in [0.3, 0.4) is 0 Å². The van der Waals surface area contributed by atoms with Gasteiger partial charge in [-0.1, -0.05) is 17.5 Å². The highest BCUT2D eigenvalue weighted by Crippen LogP contribution is 2.10. The monoisotopic (exact) mass is 181 g/mol. The van der Waals surface area contributed by atoms with Crippen LogP contribution < -0.4 is 5.32 Å². The van der Waals surface area contributed by atoms with Crippen LogP contribution in [0.2, 0.25) is 5.15 Å². The minimum atomic E-state index is 0.419. The lowest BCUT2D eigenvalue weighted by Crippen LogP contribution is -2.02. The van der Waals surface area contributed by atoms with E-state index < -0.39 is 0 Å². The van der Waals surface area contributed by atoms with E-state index in [2.05, 4.69) is 21.2 Å². The summed E-state index contributed by atoms with van der Waals surface area (Å²) < 4.78 is 0. The van der Waals surface area contributed by atoms with Crippen LogP contribution in [-0.2, 0) is 0 Å². The topological polar surface area (TPSA) is 37.8 Å². The Morgan fingerprint density at radius 1 is 1.67 bits per heavy atom. The van der Waals surface area contributed by atoms with E-state index in [9.17, 15) is 0 Å². The number of halogens is 1. The summed E-state index contributed by atoms with van der Waals surface area (Å²) in [6.07, 6.45) is 5.06. The van der Waals surface area contributed by atoms with Gasteiger partial charge in [-0.05, 0) is 6.92 Å².